The highest BCUT2D eigenvalue weighted by molar-refractivity contribution is 6.13. The van der Waals surface area contributed by atoms with Gasteiger partial charge < -0.3 is 4.57 Å². The molecule has 0 saturated heterocycles. The molecule has 0 saturated carbocycles. The fourth-order valence-electron chi connectivity index (χ4n) is 11.4. The number of aromatic nitrogens is 1. The maximum Gasteiger partial charge on any atom is 0.0514 e. The lowest BCUT2D eigenvalue weighted by molar-refractivity contribution is 0.316. The average molecular weight is 782 g/mol. The molecule has 6 aromatic carbocycles. The first-order valence-corrected chi connectivity index (χ1v) is 22.2. The van der Waals surface area contributed by atoms with Crippen molar-refractivity contribution in [2.24, 2.45) is 17.8 Å². The summed E-state index contributed by atoms with van der Waals surface area (Å²) in [6.07, 6.45) is 33.7. The summed E-state index contributed by atoms with van der Waals surface area (Å²) in [5.74, 6) is 0.787. The van der Waals surface area contributed by atoms with Gasteiger partial charge in [0.05, 0.1) is 6.04 Å². The van der Waals surface area contributed by atoms with Crippen LogP contribution in [0.4, 0.5) is 0 Å². The molecule has 4 atom stereocenters. The van der Waals surface area contributed by atoms with Gasteiger partial charge in [-0.1, -0.05) is 183 Å². The minimum atomic E-state index is 0.211. The monoisotopic (exact) mass is 781 g/mol. The molecule has 5 aliphatic carbocycles. The van der Waals surface area contributed by atoms with Gasteiger partial charge in [-0.25, -0.2) is 0 Å². The molecule has 0 N–H and O–H groups in total. The second kappa shape index (κ2) is 14.6. The third-order valence-electron chi connectivity index (χ3n) is 14.0. The molecule has 1 heteroatoms. The van der Waals surface area contributed by atoms with Gasteiger partial charge >= 0.3 is 0 Å². The van der Waals surface area contributed by atoms with Gasteiger partial charge in [0.1, 0.15) is 0 Å². The highest BCUT2D eigenvalue weighted by Crippen LogP contribution is 2.55. The summed E-state index contributed by atoms with van der Waals surface area (Å²) >= 11 is 0. The van der Waals surface area contributed by atoms with Crippen molar-refractivity contribution in [3.05, 3.63) is 245 Å². The van der Waals surface area contributed by atoms with Crippen LogP contribution < -0.4 is 0 Å². The van der Waals surface area contributed by atoms with Gasteiger partial charge in [0, 0.05) is 34.0 Å². The summed E-state index contributed by atoms with van der Waals surface area (Å²) < 4.78 is 2.78. The van der Waals surface area contributed by atoms with Crippen molar-refractivity contribution in [1.82, 2.24) is 4.57 Å². The molecule has 0 radical (unpaired) electrons. The van der Waals surface area contributed by atoms with E-state index in [0.717, 1.165) is 19.3 Å². The van der Waals surface area contributed by atoms with Crippen LogP contribution in [-0.2, 0) is 6.42 Å². The number of nitrogens with zero attached hydrogens (tertiary/aromatic N) is 1. The van der Waals surface area contributed by atoms with Gasteiger partial charge in [-0.3, -0.25) is 0 Å². The molecule has 0 fully saturated rings. The van der Waals surface area contributed by atoms with Gasteiger partial charge in [0.15, 0.2) is 0 Å². The lowest BCUT2D eigenvalue weighted by Gasteiger charge is -2.44. The SMILES string of the molecule is CC1C=CC=C/C1=C(/c1ccccc1)c1cc(C2=C3C=CC=CC3[C@@H](n3c4c(c5ccccc53)C=CCC4)C3CC=CC=C23)cc(-c2c3ccccc3cc3ccccc23)c1. The van der Waals surface area contributed by atoms with Crippen molar-refractivity contribution in [2.45, 2.75) is 32.2 Å². The van der Waals surface area contributed by atoms with Crippen molar-refractivity contribution in [3.63, 3.8) is 0 Å². The minimum absolute atomic E-state index is 0.211. The second-order valence-corrected chi connectivity index (χ2v) is 17.4. The lowest BCUT2D eigenvalue weighted by Crippen LogP contribution is -2.35. The van der Waals surface area contributed by atoms with Crippen LogP contribution in [0.5, 0.6) is 0 Å². The molecule has 7 aromatic rings. The summed E-state index contributed by atoms with van der Waals surface area (Å²) in [5, 5.41) is 6.46. The second-order valence-electron chi connectivity index (χ2n) is 17.4. The smallest absolute Gasteiger partial charge is 0.0514 e. The summed E-state index contributed by atoms with van der Waals surface area (Å²) in [7, 11) is 0. The molecular weight excluding hydrogens is 735 g/mol. The first-order valence-electron chi connectivity index (χ1n) is 22.2. The number of hydrogen-bond donors (Lipinski definition) is 0. The normalized spacial score (nSPS) is 22.1. The molecule has 0 aliphatic heterocycles. The molecule has 292 valence electrons. The Morgan fingerprint density at radius 3 is 2.15 bits per heavy atom. The summed E-state index contributed by atoms with van der Waals surface area (Å²) in [6.45, 7) is 2.33. The Balaban J connectivity index is 1.17. The average Bonchev–Trinajstić information content (AvgIpc) is 3.64. The van der Waals surface area contributed by atoms with Gasteiger partial charge in [-0.05, 0) is 133 Å². The molecule has 5 aliphatic rings. The van der Waals surface area contributed by atoms with E-state index in [1.165, 1.54) is 99.4 Å². The zero-order valence-corrected chi connectivity index (χ0v) is 34.5. The van der Waals surface area contributed by atoms with Crippen molar-refractivity contribution in [3.8, 4) is 11.1 Å². The minimum Gasteiger partial charge on any atom is -0.339 e. The zero-order valence-electron chi connectivity index (χ0n) is 34.5. The van der Waals surface area contributed by atoms with Gasteiger partial charge in [-0.15, -0.1) is 0 Å². The van der Waals surface area contributed by atoms with E-state index >= 15 is 0 Å². The van der Waals surface area contributed by atoms with E-state index in [-0.39, 0.29) is 17.9 Å². The molecule has 0 amide bonds. The van der Waals surface area contributed by atoms with Crippen molar-refractivity contribution in [1.29, 1.82) is 0 Å². The van der Waals surface area contributed by atoms with Crippen molar-refractivity contribution < 1.29 is 0 Å². The molecular formula is C60H47N. The van der Waals surface area contributed by atoms with E-state index in [0.29, 0.717) is 5.92 Å². The Kier molecular flexibility index (Phi) is 8.63. The molecule has 1 aromatic heterocycles. The summed E-state index contributed by atoms with van der Waals surface area (Å²) in [5.41, 5.74) is 17.5. The van der Waals surface area contributed by atoms with Crippen LogP contribution in [0.2, 0.25) is 0 Å². The zero-order chi connectivity index (χ0) is 40.4. The summed E-state index contributed by atoms with van der Waals surface area (Å²) in [4.78, 5) is 0. The maximum atomic E-state index is 2.78. The van der Waals surface area contributed by atoms with Crippen LogP contribution in [0.25, 0.3) is 60.8 Å². The van der Waals surface area contributed by atoms with E-state index in [9.17, 15) is 0 Å². The van der Waals surface area contributed by atoms with Crippen LogP contribution in [0.1, 0.15) is 53.8 Å². The van der Waals surface area contributed by atoms with Crippen LogP contribution in [0, 0.1) is 17.8 Å². The molecule has 0 bridgehead atoms. The number of hydrogen-bond acceptors (Lipinski definition) is 0. The van der Waals surface area contributed by atoms with E-state index in [1.807, 2.05) is 0 Å². The highest BCUT2D eigenvalue weighted by atomic mass is 15.0. The molecule has 61 heavy (non-hydrogen) atoms. The quantitative estimate of drug-likeness (QED) is 0.153. The number of fused-ring (bicyclic) bond motifs is 7. The predicted molar refractivity (Wildman–Crippen MR) is 259 cm³/mol. The van der Waals surface area contributed by atoms with E-state index < -0.39 is 0 Å². The largest absolute Gasteiger partial charge is 0.339 e. The number of benzene rings is 6. The highest BCUT2D eigenvalue weighted by Gasteiger charge is 2.43. The Hall–Kier alpha value is -6.96. The molecule has 12 rings (SSSR count). The Labute approximate surface area is 358 Å². The van der Waals surface area contributed by atoms with E-state index in [4.69, 9.17) is 0 Å². The van der Waals surface area contributed by atoms with Crippen LogP contribution in [-0.4, -0.2) is 4.57 Å². The lowest BCUT2D eigenvalue weighted by atomic mass is 9.65. The maximum absolute atomic E-state index is 2.78. The first kappa shape index (κ1) is 35.9. The number of allylic oxidation sites excluding steroid dienone is 16. The predicted octanol–water partition coefficient (Wildman–Crippen LogP) is 15.4. The van der Waals surface area contributed by atoms with Crippen LogP contribution in [0.3, 0.4) is 0 Å². The Morgan fingerprint density at radius 1 is 0.607 bits per heavy atom. The topological polar surface area (TPSA) is 4.93 Å². The molecule has 1 heterocycles. The molecule has 0 spiro atoms. The van der Waals surface area contributed by atoms with Gasteiger partial charge in [0.25, 0.3) is 0 Å². The summed E-state index contributed by atoms with van der Waals surface area (Å²) in [6, 6.07) is 48.3. The number of para-hydroxylation sites is 1. The van der Waals surface area contributed by atoms with Gasteiger partial charge in [-0.2, -0.15) is 0 Å². The standard InChI is InChI=1S/C60H47N/c1-39-19-5-8-24-46(39)57(40-20-3-2-4-21-40)43-36-44(58-47-25-9-6-22-41(47)35-42-23-7-10-26-48(42)58)38-45(37-43)59-51-29-11-13-31-53(51)60(54-32-14-12-30-52(54)59)61-55-33-17-15-27-49(55)50-28-16-18-34-56(50)61/h2-17,19-31,33,35-39,53-54,60H,18,32,34H2,1H3/b57-46+/t39?,53?,54?,60-/m1/s1. The van der Waals surface area contributed by atoms with E-state index in [1.54, 1.807) is 0 Å². The number of rotatable bonds is 5. The Morgan fingerprint density at radius 2 is 1.33 bits per heavy atom. The van der Waals surface area contributed by atoms with Gasteiger partial charge in [0.2, 0.25) is 0 Å². The van der Waals surface area contributed by atoms with Crippen molar-refractivity contribution >= 4 is 49.7 Å². The van der Waals surface area contributed by atoms with Crippen LogP contribution in [0.15, 0.2) is 217 Å². The van der Waals surface area contributed by atoms with Crippen molar-refractivity contribution in [2.75, 3.05) is 0 Å². The third kappa shape index (κ3) is 5.82. The molecule has 1 nitrogen and oxygen atoms in total. The third-order valence-corrected chi connectivity index (χ3v) is 14.0. The Bertz CT molecular complexity index is 3180. The first-order chi connectivity index (χ1) is 30.2. The molecule has 3 unspecified atom stereocenters. The van der Waals surface area contributed by atoms with E-state index in [2.05, 4.69) is 218 Å². The van der Waals surface area contributed by atoms with Crippen LogP contribution >= 0.6 is 0 Å². The fraction of sp³-hybridized carbons (Fsp3) is 0.133. The fourth-order valence-corrected chi connectivity index (χ4v) is 11.4.